The highest BCUT2D eigenvalue weighted by atomic mass is 16.5. The van der Waals surface area contributed by atoms with Crippen LogP contribution in [0.4, 0.5) is 11.6 Å². The molecule has 2 rings (SSSR count). The van der Waals surface area contributed by atoms with Crippen molar-refractivity contribution in [3.05, 3.63) is 35.9 Å². The summed E-state index contributed by atoms with van der Waals surface area (Å²) in [6.45, 7) is 6.05. The van der Waals surface area contributed by atoms with E-state index in [-0.39, 0.29) is 0 Å². The van der Waals surface area contributed by atoms with E-state index in [1.54, 1.807) is 20.3 Å². The Labute approximate surface area is 126 Å². The molecule has 1 aromatic carbocycles. The minimum atomic E-state index is 0.473. The Morgan fingerprint density at radius 1 is 0.905 bits per heavy atom. The molecule has 0 saturated carbocycles. The maximum absolute atomic E-state index is 5.14. The van der Waals surface area contributed by atoms with E-state index in [0.717, 1.165) is 5.69 Å². The smallest absolute Gasteiger partial charge is 0.236 e. The Bertz CT molecular complexity index is 534. The van der Waals surface area contributed by atoms with Crippen molar-refractivity contribution in [3.63, 3.8) is 0 Å². The zero-order valence-electron chi connectivity index (χ0n) is 13.5. The molecule has 114 valence electrons. The Balaban J connectivity index is 0.00000106. The molecule has 0 aliphatic rings. The van der Waals surface area contributed by atoms with Gasteiger partial charge in [-0.05, 0) is 19.1 Å². The highest BCUT2D eigenvalue weighted by molar-refractivity contribution is 5.57. The van der Waals surface area contributed by atoms with Crippen LogP contribution in [0.2, 0.25) is 0 Å². The maximum Gasteiger partial charge on any atom is 0.236 e. The van der Waals surface area contributed by atoms with Gasteiger partial charge in [0.25, 0.3) is 0 Å². The van der Waals surface area contributed by atoms with Crippen LogP contribution in [0.25, 0.3) is 0 Å². The molecule has 5 heteroatoms. The average molecular weight is 289 g/mol. The lowest BCUT2D eigenvalue weighted by Crippen LogP contribution is -2.13. The quantitative estimate of drug-likeness (QED) is 0.860. The minimum absolute atomic E-state index is 0.473. The van der Waals surface area contributed by atoms with Gasteiger partial charge in [-0.2, -0.15) is 9.97 Å². The predicted molar refractivity (Wildman–Crippen MR) is 85.7 cm³/mol. The van der Waals surface area contributed by atoms with Gasteiger partial charge in [-0.25, -0.2) is 0 Å². The first-order valence-electron chi connectivity index (χ1n) is 6.91. The molecular weight excluding hydrogens is 266 g/mol. The maximum atomic E-state index is 5.14. The summed E-state index contributed by atoms with van der Waals surface area (Å²) in [5.41, 5.74) is 2.21. The fourth-order valence-electron chi connectivity index (χ4n) is 1.64. The second-order valence-corrected chi connectivity index (χ2v) is 4.15. The molecule has 0 fully saturated rings. The second-order valence-electron chi connectivity index (χ2n) is 4.15. The molecule has 0 bridgehead atoms. The van der Waals surface area contributed by atoms with E-state index >= 15 is 0 Å². The van der Waals surface area contributed by atoms with E-state index in [4.69, 9.17) is 9.47 Å². The number of aryl methyl sites for hydroxylation is 1. The van der Waals surface area contributed by atoms with Crippen molar-refractivity contribution in [2.24, 2.45) is 0 Å². The summed E-state index contributed by atoms with van der Waals surface area (Å²) in [6, 6.07) is 9.77. The van der Waals surface area contributed by atoms with Crippen molar-refractivity contribution in [2.45, 2.75) is 20.8 Å². The van der Waals surface area contributed by atoms with E-state index in [2.05, 4.69) is 16.9 Å². The molecule has 21 heavy (non-hydrogen) atoms. The second kappa shape index (κ2) is 8.09. The lowest BCUT2D eigenvalue weighted by Gasteiger charge is -2.18. The van der Waals surface area contributed by atoms with E-state index < -0.39 is 0 Å². The van der Waals surface area contributed by atoms with E-state index in [9.17, 15) is 0 Å². The summed E-state index contributed by atoms with van der Waals surface area (Å²) in [5.74, 6) is 1.47. The van der Waals surface area contributed by atoms with E-state index in [1.807, 2.05) is 50.1 Å². The van der Waals surface area contributed by atoms with Gasteiger partial charge < -0.3 is 14.4 Å². The summed E-state index contributed by atoms with van der Waals surface area (Å²) >= 11 is 0. The molecule has 0 atom stereocenters. The van der Waals surface area contributed by atoms with Crippen LogP contribution in [-0.2, 0) is 0 Å². The molecule has 0 spiro atoms. The van der Waals surface area contributed by atoms with Crippen LogP contribution in [0, 0.1) is 6.92 Å². The van der Waals surface area contributed by atoms with Gasteiger partial charge >= 0.3 is 0 Å². The summed E-state index contributed by atoms with van der Waals surface area (Å²) in [6.07, 6.45) is 0. The fraction of sp³-hybridized carbons (Fsp3) is 0.375. The van der Waals surface area contributed by atoms with Gasteiger partial charge in [0.1, 0.15) is 0 Å². The van der Waals surface area contributed by atoms with Crippen LogP contribution in [0.15, 0.2) is 30.3 Å². The summed E-state index contributed by atoms with van der Waals surface area (Å²) in [7, 11) is 5.04. The number of aromatic nitrogens is 2. The number of hydrogen-bond acceptors (Lipinski definition) is 5. The fourth-order valence-corrected chi connectivity index (χ4v) is 1.64. The van der Waals surface area contributed by atoms with E-state index in [0.29, 0.717) is 17.7 Å². The molecule has 0 saturated heterocycles. The summed E-state index contributed by atoms with van der Waals surface area (Å²) in [4.78, 5) is 10.5. The highest BCUT2D eigenvalue weighted by Crippen LogP contribution is 2.25. The third-order valence-corrected chi connectivity index (χ3v) is 2.81. The molecular formula is C16H23N3O2. The van der Waals surface area contributed by atoms with Crippen molar-refractivity contribution in [3.8, 4) is 11.8 Å². The molecule has 0 amide bonds. The monoisotopic (exact) mass is 289 g/mol. The third kappa shape index (κ3) is 4.34. The Kier molecular flexibility index (Phi) is 6.46. The number of benzene rings is 1. The zero-order chi connectivity index (χ0) is 15.8. The largest absolute Gasteiger partial charge is 0.481 e. The first kappa shape index (κ1) is 16.8. The Morgan fingerprint density at radius 3 is 1.81 bits per heavy atom. The summed E-state index contributed by atoms with van der Waals surface area (Å²) < 4.78 is 10.3. The SMILES string of the molecule is CC.COc1cc(OC)nc(N(C)c2ccc(C)cc2)n1. The van der Waals surface area contributed by atoms with Gasteiger partial charge in [-0.1, -0.05) is 31.5 Å². The standard InChI is InChI=1S/C14H17N3O2.C2H6/c1-10-5-7-11(8-6-10)17(2)14-15-12(18-3)9-13(16-14)19-4;1-2/h5-9H,1-4H3;1-2H3. The molecule has 0 aliphatic carbocycles. The summed E-state index contributed by atoms with van der Waals surface area (Å²) in [5, 5.41) is 0. The van der Waals surface area contributed by atoms with Crippen LogP contribution in [-0.4, -0.2) is 31.2 Å². The van der Waals surface area contributed by atoms with Crippen molar-refractivity contribution < 1.29 is 9.47 Å². The lowest BCUT2D eigenvalue weighted by molar-refractivity contribution is 0.372. The van der Waals surface area contributed by atoms with Crippen molar-refractivity contribution in [1.29, 1.82) is 0 Å². The van der Waals surface area contributed by atoms with Gasteiger partial charge in [0.05, 0.1) is 20.3 Å². The first-order valence-corrected chi connectivity index (χ1v) is 6.91. The van der Waals surface area contributed by atoms with Gasteiger partial charge in [-0.3, -0.25) is 0 Å². The minimum Gasteiger partial charge on any atom is -0.481 e. The number of anilines is 2. The lowest BCUT2D eigenvalue weighted by atomic mass is 10.2. The van der Waals surface area contributed by atoms with Crippen molar-refractivity contribution in [2.75, 3.05) is 26.2 Å². The van der Waals surface area contributed by atoms with Crippen LogP contribution in [0.3, 0.4) is 0 Å². The van der Waals surface area contributed by atoms with Crippen molar-refractivity contribution >= 4 is 11.6 Å². The van der Waals surface area contributed by atoms with Crippen LogP contribution >= 0.6 is 0 Å². The first-order chi connectivity index (χ1) is 10.1. The van der Waals surface area contributed by atoms with Gasteiger partial charge in [0, 0.05) is 12.7 Å². The van der Waals surface area contributed by atoms with Gasteiger partial charge in [0.2, 0.25) is 17.7 Å². The number of methoxy groups -OCH3 is 2. The predicted octanol–water partition coefficient (Wildman–Crippen LogP) is 3.60. The van der Waals surface area contributed by atoms with Crippen LogP contribution in [0.5, 0.6) is 11.8 Å². The molecule has 0 radical (unpaired) electrons. The number of rotatable bonds is 4. The van der Waals surface area contributed by atoms with Crippen LogP contribution < -0.4 is 14.4 Å². The average Bonchev–Trinajstić information content (AvgIpc) is 2.56. The Morgan fingerprint density at radius 2 is 1.38 bits per heavy atom. The molecule has 0 unspecified atom stereocenters. The molecule has 0 aliphatic heterocycles. The number of ether oxygens (including phenoxy) is 2. The van der Waals surface area contributed by atoms with Crippen molar-refractivity contribution in [1.82, 2.24) is 9.97 Å². The molecule has 1 heterocycles. The number of nitrogens with zero attached hydrogens (tertiary/aromatic N) is 3. The Hall–Kier alpha value is -2.30. The van der Waals surface area contributed by atoms with Crippen LogP contribution in [0.1, 0.15) is 19.4 Å². The van der Waals surface area contributed by atoms with E-state index in [1.165, 1.54) is 5.56 Å². The molecule has 5 nitrogen and oxygen atoms in total. The molecule has 2 aromatic rings. The zero-order valence-corrected chi connectivity index (χ0v) is 13.5. The number of hydrogen-bond donors (Lipinski definition) is 0. The topological polar surface area (TPSA) is 47.5 Å². The van der Waals surface area contributed by atoms with Gasteiger partial charge in [-0.15, -0.1) is 0 Å². The highest BCUT2D eigenvalue weighted by Gasteiger charge is 2.11. The third-order valence-electron chi connectivity index (χ3n) is 2.81. The normalized spacial score (nSPS) is 9.43. The molecule has 1 aromatic heterocycles. The van der Waals surface area contributed by atoms with Gasteiger partial charge in [0.15, 0.2) is 0 Å². The molecule has 0 N–H and O–H groups in total.